The molecule has 1 N–H and O–H groups in total. The second-order valence-corrected chi connectivity index (χ2v) is 5.22. The number of aromatic nitrogens is 2. The van der Waals surface area contributed by atoms with Gasteiger partial charge in [0.05, 0.1) is 7.11 Å². The molecule has 104 valence electrons. The Morgan fingerprint density at radius 2 is 2.05 bits per heavy atom. The quantitative estimate of drug-likeness (QED) is 0.676. The SMILES string of the molecule is COC(=O)c1c(C)[nH]c(-c2cc(C)cc(Cl)c2)nc1=S. The lowest BCUT2D eigenvalue weighted by Gasteiger charge is -2.08. The minimum atomic E-state index is -0.495. The van der Waals surface area contributed by atoms with Crippen molar-refractivity contribution in [3.63, 3.8) is 0 Å². The van der Waals surface area contributed by atoms with E-state index in [1.807, 2.05) is 19.1 Å². The molecule has 0 aliphatic carbocycles. The fourth-order valence-electron chi connectivity index (χ4n) is 1.94. The summed E-state index contributed by atoms with van der Waals surface area (Å²) in [6.07, 6.45) is 0. The predicted molar refractivity (Wildman–Crippen MR) is 80.7 cm³/mol. The summed E-state index contributed by atoms with van der Waals surface area (Å²) in [7, 11) is 1.31. The van der Waals surface area contributed by atoms with Gasteiger partial charge in [-0.3, -0.25) is 0 Å². The number of hydrogen-bond acceptors (Lipinski definition) is 4. The average Bonchev–Trinajstić information content (AvgIpc) is 2.36. The first-order chi connectivity index (χ1) is 9.42. The molecule has 0 aliphatic heterocycles. The van der Waals surface area contributed by atoms with Crippen molar-refractivity contribution in [1.82, 2.24) is 9.97 Å². The van der Waals surface area contributed by atoms with Crippen LogP contribution in [0.15, 0.2) is 18.2 Å². The molecule has 20 heavy (non-hydrogen) atoms. The minimum Gasteiger partial charge on any atom is -0.465 e. The number of H-pyrrole nitrogens is 1. The lowest BCUT2D eigenvalue weighted by Crippen LogP contribution is -2.08. The molecular formula is C14H13ClN2O2S. The standard InChI is InChI=1S/C14H13ClN2O2S/c1-7-4-9(6-10(15)5-7)12-16-8(2)11(13(20)17-12)14(18)19-3/h4-6H,1-3H3,(H,16,17,20). The van der Waals surface area contributed by atoms with E-state index >= 15 is 0 Å². The van der Waals surface area contributed by atoms with E-state index in [4.69, 9.17) is 28.6 Å². The third kappa shape index (κ3) is 2.89. The Morgan fingerprint density at radius 1 is 1.35 bits per heavy atom. The summed E-state index contributed by atoms with van der Waals surface area (Å²) in [4.78, 5) is 19.0. The van der Waals surface area contributed by atoms with Crippen molar-refractivity contribution < 1.29 is 9.53 Å². The van der Waals surface area contributed by atoms with E-state index in [0.717, 1.165) is 11.1 Å². The molecule has 0 saturated carbocycles. The van der Waals surface area contributed by atoms with Gasteiger partial charge in [-0.15, -0.1) is 0 Å². The molecule has 0 bridgehead atoms. The minimum absolute atomic E-state index is 0.209. The van der Waals surface area contributed by atoms with E-state index in [0.29, 0.717) is 16.5 Å². The van der Waals surface area contributed by atoms with E-state index in [1.165, 1.54) is 7.11 Å². The summed E-state index contributed by atoms with van der Waals surface area (Å²) >= 11 is 11.2. The zero-order valence-electron chi connectivity index (χ0n) is 11.3. The number of esters is 1. The van der Waals surface area contributed by atoms with E-state index in [-0.39, 0.29) is 10.2 Å². The van der Waals surface area contributed by atoms with E-state index in [1.54, 1.807) is 13.0 Å². The highest BCUT2D eigenvalue weighted by Gasteiger charge is 2.15. The van der Waals surface area contributed by atoms with Crippen molar-refractivity contribution in [2.45, 2.75) is 13.8 Å². The van der Waals surface area contributed by atoms with Crippen LogP contribution in [0.1, 0.15) is 21.6 Å². The lowest BCUT2D eigenvalue weighted by atomic mass is 10.1. The highest BCUT2D eigenvalue weighted by molar-refractivity contribution is 7.71. The van der Waals surface area contributed by atoms with Crippen LogP contribution >= 0.6 is 23.8 Å². The lowest BCUT2D eigenvalue weighted by molar-refractivity contribution is 0.0598. The summed E-state index contributed by atoms with van der Waals surface area (Å²) in [5.74, 6) is 0.0795. The number of halogens is 1. The Morgan fingerprint density at radius 3 is 2.60 bits per heavy atom. The van der Waals surface area contributed by atoms with Crippen LogP contribution in [0.25, 0.3) is 11.4 Å². The number of aryl methyl sites for hydroxylation is 2. The summed E-state index contributed by atoms with van der Waals surface area (Å²) in [5, 5.41) is 0.621. The van der Waals surface area contributed by atoms with Gasteiger partial charge in [0.1, 0.15) is 16.0 Å². The van der Waals surface area contributed by atoms with Crippen molar-refractivity contribution in [3.8, 4) is 11.4 Å². The van der Waals surface area contributed by atoms with Gasteiger partial charge < -0.3 is 9.72 Å². The van der Waals surface area contributed by atoms with Crippen molar-refractivity contribution in [2.24, 2.45) is 0 Å². The number of aromatic amines is 1. The van der Waals surface area contributed by atoms with E-state index in [9.17, 15) is 4.79 Å². The molecule has 0 spiro atoms. The van der Waals surface area contributed by atoms with Crippen LogP contribution in [0.4, 0.5) is 0 Å². The average molecular weight is 309 g/mol. The zero-order chi connectivity index (χ0) is 14.9. The van der Waals surface area contributed by atoms with Gasteiger partial charge in [0.15, 0.2) is 0 Å². The molecule has 0 saturated heterocycles. The molecule has 1 heterocycles. The Kier molecular flexibility index (Phi) is 4.20. The summed E-state index contributed by atoms with van der Waals surface area (Å²) < 4.78 is 4.90. The second kappa shape index (κ2) is 5.73. The first kappa shape index (κ1) is 14.7. The van der Waals surface area contributed by atoms with Crippen LogP contribution in [0.5, 0.6) is 0 Å². The molecule has 6 heteroatoms. The van der Waals surface area contributed by atoms with Crippen molar-refractivity contribution >= 4 is 29.8 Å². The van der Waals surface area contributed by atoms with E-state index < -0.39 is 5.97 Å². The number of carbonyl (C=O) groups excluding carboxylic acids is 1. The van der Waals surface area contributed by atoms with Gasteiger partial charge >= 0.3 is 5.97 Å². The molecule has 0 radical (unpaired) electrons. The summed E-state index contributed by atoms with van der Waals surface area (Å²) in [6, 6.07) is 5.59. The molecule has 0 atom stereocenters. The van der Waals surface area contributed by atoms with Crippen molar-refractivity contribution in [2.75, 3.05) is 7.11 Å². The highest BCUT2D eigenvalue weighted by atomic mass is 35.5. The molecule has 1 aromatic carbocycles. The van der Waals surface area contributed by atoms with Crippen LogP contribution in [0.3, 0.4) is 0 Å². The number of benzene rings is 1. The van der Waals surface area contributed by atoms with Crippen LogP contribution < -0.4 is 0 Å². The van der Waals surface area contributed by atoms with Crippen LogP contribution in [0.2, 0.25) is 5.02 Å². The van der Waals surface area contributed by atoms with Crippen LogP contribution in [-0.2, 0) is 4.74 Å². The molecule has 0 amide bonds. The Hall–Kier alpha value is -1.72. The molecule has 4 nitrogen and oxygen atoms in total. The molecule has 2 rings (SSSR count). The first-order valence-corrected chi connectivity index (χ1v) is 6.68. The zero-order valence-corrected chi connectivity index (χ0v) is 12.9. The summed E-state index contributed by atoms with van der Waals surface area (Å²) in [5.41, 5.74) is 2.73. The molecule has 0 fully saturated rings. The number of methoxy groups -OCH3 is 1. The third-order valence-corrected chi connectivity index (χ3v) is 3.33. The number of nitrogens with one attached hydrogen (secondary N) is 1. The predicted octanol–water partition coefficient (Wildman–Crippen LogP) is 3.86. The Labute approximate surface area is 126 Å². The van der Waals surface area contributed by atoms with Gasteiger partial charge in [0.2, 0.25) is 0 Å². The second-order valence-electron chi connectivity index (χ2n) is 4.40. The topological polar surface area (TPSA) is 55.0 Å². The molecule has 2 aromatic rings. The Bertz CT molecular complexity index is 720. The van der Waals surface area contributed by atoms with Gasteiger partial charge in [0.25, 0.3) is 0 Å². The van der Waals surface area contributed by atoms with Crippen molar-refractivity contribution in [1.29, 1.82) is 0 Å². The Balaban J connectivity index is 2.61. The normalized spacial score (nSPS) is 10.4. The number of hydrogen-bond donors (Lipinski definition) is 1. The fraction of sp³-hybridized carbons (Fsp3) is 0.214. The van der Waals surface area contributed by atoms with Crippen LogP contribution in [-0.4, -0.2) is 23.0 Å². The number of carbonyl (C=O) groups is 1. The van der Waals surface area contributed by atoms with Crippen molar-refractivity contribution in [3.05, 3.63) is 44.7 Å². The monoisotopic (exact) mass is 308 g/mol. The smallest absolute Gasteiger partial charge is 0.342 e. The molecule has 0 aliphatic rings. The van der Waals surface area contributed by atoms with Gasteiger partial charge in [-0.05, 0) is 37.6 Å². The fourth-order valence-corrected chi connectivity index (χ4v) is 2.56. The first-order valence-electron chi connectivity index (χ1n) is 5.89. The maximum absolute atomic E-state index is 11.6. The maximum atomic E-state index is 11.6. The number of ether oxygens (including phenoxy) is 1. The van der Waals surface area contributed by atoms with Gasteiger partial charge in [0, 0.05) is 16.3 Å². The van der Waals surface area contributed by atoms with Gasteiger partial charge in [-0.1, -0.05) is 23.8 Å². The van der Waals surface area contributed by atoms with Gasteiger partial charge in [-0.25, -0.2) is 9.78 Å². The molecule has 0 unspecified atom stereocenters. The molecule has 1 aromatic heterocycles. The van der Waals surface area contributed by atoms with Crippen LogP contribution in [0, 0.1) is 18.5 Å². The number of nitrogens with zero attached hydrogens (tertiary/aromatic N) is 1. The largest absolute Gasteiger partial charge is 0.465 e. The van der Waals surface area contributed by atoms with E-state index in [2.05, 4.69) is 9.97 Å². The molecular weight excluding hydrogens is 296 g/mol. The van der Waals surface area contributed by atoms with Gasteiger partial charge in [-0.2, -0.15) is 0 Å². The third-order valence-electron chi connectivity index (χ3n) is 2.81. The highest BCUT2D eigenvalue weighted by Crippen LogP contribution is 2.23. The maximum Gasteiger partial charge on any atom is 0.342 e. The summed E-state index contributed by atoms with van der Waals surface area (Å²) in [6.45, 7) is 3.70. The number of rotatable bonds is 2.